The van der Waals surface area contributed by atoms with E-state index in [0.29, 0.717) is 11.4 Å². The maximum atomic E-state index is 12.6. The molecule has 1 heterocycles. The molecule has 1 aromatic carbocycles. The SMILES string of the molecule is COc1ccccc1N(CCO)S(=O)(=O)c1cnn(C)n1. The number of para-hydroxylation sites is 2. The lowest BCUT2D eigenvalue weighted by Crippen LogP contribution is -2.34. The number of ether oxygens (including phenoxy) is 1. The fraction of sp³-hybridized carbons (Fsp3) is 0.333. The summed E-state index contributed by atoms with van der Waals surface area (Å²) in [6.07, 6.45) is 1.16. The molecule has 0 aliphatic heterocycles. The van der Waals surface area contributed by atoms with Crippen molar-refractivity contribution >= 4 is 15.7 Å². The summed E-state index contributed by atoms with van der Waals surface area (Å²) < 4.78 is 31.5. The van der Waals surface area contributed by atoms with Gasteiger partial charge in [0.1, 0.15) is 5.75 Å². The molecule has 0 aliphatic carbocycles. The summed E-state index contributed by atoms with van der Waals surface area (Å²) in [5.41, 5.74) is 0.333. The van der Waals surface area contributed by atoms with Crippen molar-refractivity contribution < 1.29 is 18.3 Å². The van der Waals surface area contributed by atoms with Crippen molar-refractivity contribution in [3.8, 4) is 5.75 Å². The van der Waals surface area contributed by atoms with Crippen LogP contribution >= 0.6 is 0 Å². The minimum absolute atomic E-state index is 0.112. The molecule has 0 amide bonds. The number of benzene rings is 1. The van der Waals surface area contributed by atoms with Crippen LogP contribution in [-0.4, -0.2) is 48.8 Å². The van der Waals surface area contributed by atoms with Crippen LogP contribution in [0.5, 0.6) is 5.75 Å². The summed E-state index contributed by atoms with van der Waals surface area (Å²) in [5, 5.41) is 16.6. The van der Waals surface area contributed by atoms with E-state index in [-0.39, 0.29) is 18.2 Å². The third-order valence-corrected chi connectivity index (χ3v) is 4.47. The molecule has 0 saturated carbocycles. The zero-order valence-electron chi connectivity index (χ0n) is 11.7. The second-order valence-corrected chi connectivity index (χ2v) is 5.95. The van der Waals surface area contributed by atoms with E-state index in [0.717, 1.165) is 15.3 Å². The van der Waals surface area contributed by atoms with Crippen molar-refractivity contribution in [1.82, 2.24) is 15.0 Å². The third kappa shape index (κ3) is 2.98. The number of rotatable bonds is 6. The molecule has 0 atom stereocenters. The Morgan fingerprint density at radius 1 is 1.38 bits per heavy atom. The zero-order valence-corrected chi connectivity index (χ0v) is 12.5. The molecule has 9 heteroatoms. The highest BCUT2D eigenvalue weighted by Crippen LogP contribution is 2.31. The largest absolute Gasteiger partial charge is 0.495 e. The molecule has 0 bridgehead atoms. The van der Waals surface area contributed by atoms with Gasteiger partial charge in [0.15, 0.2) is 0 Å². The van der Waals surface area contributed by atoms with Crippen LogP contribution in [0.2, 0.25) is 0 Å². The van der Waals surface area contributed by atoms with Crippen LogP contribution in [0.25, 0.3) is 0 Å². The van der Waals surface area contributed by atoms with Crippen LogP contribution in [0.3, 0.4) is 0 Å². The second-order valence-electron chi connectivity index (χ2n) is 4.14. The number of aliphatic hydroxyl groups is 1. The number of hydrogen-bond acceptors (Lipinski definition) is 6. The first kappa shape index (κ1) is 15.3. The molecule has 2 aromatic rings. The van der Waals surface area contributed by atoms with Gasteiger partial charge in [0, 0.05) is 7.05 Å². The molecule has 0 unspecified atom stereocenters. The van der Waals surface area contributed by atoms with Gasteiger partial charge in [-0.05, 0) is 12.1 Å². The monoisotopic (exact) mass is 312 g/mol. The van der Waals surface area contributed by atoms with Crippen molar-refractivity contribution in [3.05, 3.63) is 30.5 Å². The van der Waals surface area contributed by atoms with E-state index in [1.165, 1.54) is 14.2 Å². The summed E-state index contributed by atoms with van der Waals surface area (Å²) >= 11 is 0. The van der Waals surface area contributed by atoms with E-state index in [2.05, 4.69) is 10.2 Å². The molecule has 1 aromatic heterocycles. The maximum Gasteiger partial charge on any atom is 0.285 e. The van der Waals surface area contributed by atoms with E-state index >= 15 is 0 Å². The van der Waals surface area contributed by atoms with Crippen molar-refractivity contribution in [2.24, 2.45) is 7.05 Å². The van der Waals surface area contributed by atoms with E-state index < -0.39 is 10.0 Å². The fourth-order valence-electron chi connectivity index (χ4n) is 1.86. The van der Waals surface area contributed by atoms with Gasteiger partial charge in [-0.25, -0.2) is 0 Å². The predicted octanol–water partition coefficient (Wildman–Crippen LogP) is 0.0113. The topological polar surface area (TPSA) is 97.5 Å². The Morgan fingerprint density at radius 3 is 2.67 bits per heavy atom. The minimum Gasteiger partial charge on any atom is -0.495 e. The quantitative estimate of drug-likeness (QED) is 0.807. The van der Waals surface area contributed by atoms with Gasteiger partial charge >= 0.3 is 0 Å². The van der Waals surface area contributed by atoms with Crippen LogP contribution in [0.15, 0.2) is 35.5 Å². The van der Waals surface area contributed by atoms with Crippen LogP contribution in [0.1, 0.15) is 0 Å². The first-order chi connectivity index (χ1) is 10.0. The molecule has 8 nitrogen and oxygen atoms in total. The third-order valence-electron chi connectivity index (χ3n) is 2.79. The zero-order chi connectivity index (χ0) is 15.5. The summed E-state index contributed by atoms with van der Waals surface area (Å²) in [5.74, 6) is 0.387. The molecule has 0 spiro atoms. The molecule has 0 fully saturated rings. The van der Waals surface area contributed by atoms with Crippen molar-refractivity contribution in [2.45, 2.75) is 5.03 Å². The Balaban J connectivity index is 2.53. The van der Waals surface area contributed by atoms with Gasteiger partial charge < -0.3 is 9.84 Å². The molecule has 2 rings (SSSR count). The second kappa shape index (κ2) is 6.10. The number of methoxy groups -OCH3 is 1. The number of aryl methyl sites for hydroxylation is 1. The molecule has 114 valence electrons. The van der Waals surface area contributed by atoms with Crippen molar-refractivity contribution in [2.75, 3.05) is 24.6 Å². The highest BCUT2D eigenvalue weighted by Gasteiger charge is 2.29. The van der Waals surface area contributed by atoms with Crippen LogP contribution in [0, 0.1) is 0 Å². The fourth-order valence-corrected chi connectivity index (χ4v) is 3.21. The molecule has 0 saturated heterocycles. The van der Waals surface area contributed by atoms with Crippen molar-refractivity contribution in [1.29, 1.82) is 0 Å². The van der Waals surface area contributed by atoms with Gasteiger partial charge in [-0.15, -0.1) is 5.10 Å². The smallest absolute Gasteiger partial charge is 0.285 e. The number of sulfonamides is 1. The Hall–Kier alpha value is -2.13. The maximum absolute atomic E-state index is 12.6. The number of aliphatic hydroxyl groups excluding tert-OH is 1. The van der Waals surface area contributed by atoms with Crippen LogP contribution < -0.4 is 9.04 Å². The van der Waals surface area contributed by atoms with Gasteiger partial charge in [-0.1, -0.05) is 12.1 Å². The van der Waals surface area contributed by atoms with Gasteiger partial charge in [0.2, 0.25) is 5.03 Å². The summed E-state index contributed by atoms with van der Waals surface area (Å²) in [7, 11) is -0.954. The van der Waals surface area contributed by atoms with E-state index in [4.69, 9.17) is 4.74 Å². The number of aromatic nitrogens is 3. The van der Waals surface area contributed by atoms with Gasteiger partial charge in [0.05, 0.1) is 32.1 Å². The lowest BCUT2D eigenvalue weighted by atomic mass is 10.3. The molecular weight excluding hydrogens is 296 g/mol. The Kier molecular flexibility index (Phi) is 4.43. The number of hydrogen-bond donors (Lipinski definition) is 1. The van der Waals surface area contributed by atoms with E-state index in [9.17, 15) is 13.5 Å². The molecule has 21 heavy (non-hydrogen) atoms. The average molecular weight is 312 g/mol. The number of anilines is 1. The molecule has 0 aliphatic rings. The lowest BCUT2D eigenvalue weighted by Gasteiger charge is -2.23. The summed E-state index contributed by atoms with van der Waals surface area (Å²) in [6, 6.07) is 6.66. The number of nitrogens with zero attached hydrogens (tertiary/aromatic N) is 4. The van der Waals surface area contributed by atoms with Crippen molar-refractivity contribution in [3.63, 3.8) is 0 Å². The normalized spacial score (nSPS) is 11.4. The Bertz CT molecular complexity index is 714. The van der Waals surface area contributed by atoms with Gasteiger partial charge in [-0.2, -0.15) is 18.3 Å². The Labute approximate surface area is 122 Å². The minimum atomic E-state index is -3.93. The predicted molar refractivity (Wildman–Crippen MR) is 75.6 cm³/mol. The standard InChI is InChI=1S/C12H16N4O4S/c1-15-13-9-12(14-15)21(18,19)16(7-8-17)10-5-3-4-6-11(10)20-2/h3-6,9,17H,7-8H2,1-2H3. The highest BCUT2D eigenvalue weighted by atomic mass is 32.2. The van der Waals surface area contributed by atoms with Crippen LogP contribution in [-0.2, 0) is 17.1 Å². The first-order valence-electron chi connectivity index (χ1n) is 6.13. The summed E-state index contributed by atoms with van der Waals surface area (Å²) in [6.45, 7) is -0.448. The first-order valence-corrected chi connectivity index (χ1v) is 7.57. The lowest BCUT2D eigenvalue weighted by molar-refractivity contribution is 0.306. The van der Waals surface area contributed by atoms with Crippen LogP contribution in [0.4, 0.5) is 5.69 Å². The highest BCUT2D eigenvalue weighted by molar-refractivity contribution is 7.92. The van der Waals surface area contributed by atoms with Gasteiger partial charge in [0.25, 0.3) is 10.0 Å². The Morgan fingerprint density at radius 2 is 2.10 bits per heavy atom. The molecule has 0 radical (unpaired) electrons. The van der Waals surface area contributed by atoms with E-state index in [1.54, 1.807) is 24.3 Å². The van der Waals surface area contributed by atoms with Gasteiger partial charge in [-0.3, -0.25) is 4.31 Å². The molecular formula is C12H16N4O4S. The molecule has 1 N–H and O–H groups in total. The van der Waals surface area contributed by atoms with E-state index in [1.807, 2.05) is 0 Å². The average Bonchev–Trinajstić information content (AvgIpc) is 2.92. The summed E-state index contributed by atoms with van der Waals surface area (Å²) in [4.78, 5) is 1.16.